The lowest BCUT2D eigenvalue weighted by molar-refractivity contribution is -0.141. The fraction of sp³-hybridized carbons (Fsp3) is 0.633. The highest BCUT2D eigenvalue weighted by Crippen LogP contribution is 2.36. The van der Waals surface area contributed by atoms with Crippen LogP contribution >= 0.6 is 0 Å². The molecule has 2 rings (SSSR count). The molecule has 40 heavy (non-hydrogen) atoms. The summed E-state index contributed by atoms with van der Waals surface area (Å²) < 4.78 is 23.2. The second-order valence-corrected chi connectivity index (χ2v) is 16.5. The van der Waals surface area contributed by atoms with Crippen LogP contribution in [0, 0.1) is 6.92 Å². The molecule has 9 nitrogen and oxygen atoms in total. The first-order chi connectivity index (χ1) is 18.8. The number of carbonyl (C=O) groups is 1. The topological polar surface area (TPSA) is 118 Å². The van der Waals surface area contributed by atoms with Crippen LogP contribution in [0.15, 0.2) is 18.2 Å². The molecular formula is C30H50N4O5Si. The van der Waals surface area contributed by atoms with Crippen LogP contribution in [-0.2, 0) is 20.4 Å². The second-order valence-electron chi connectivity index (χ2n) is 11.7. The van der Waals surface area contributed by atoms with E-state index >= 15 is 0 Å². The first-order valence-corrected chi connectivity index (χ1v) is 17.1. The van der Waals surface area contributed by atoms with Gasteiger partial charge in [0.1, 0.15) is 17.3 Å². The summed E-state index contributed by atoms with van der Waals surface area (Å²) >= 11 is 0. The minimum atomic E-state index is -1.75. The summed E-state index contributed by atoms with van der Waals surface area (Å²) in [6.07, 6.45) is 3.93. The van der Waals surface area contributed by atoms with Crippen LogP contribution in [0.3, 0.4) is 0 Å². The molecule has 0 aliphatic heterocycles. The van der Waals surface area contributed by atoms with Crippen LogP contribution in [-0.4, -0.2) is 57.2 Å². The SMILES string of the molecule is CCC[C@H](CCOC(C)=O)Nc1nc(N)nc(C)c1Cc1ccc(OCCCO[Si](C)(C)C(C)(C)C)cc1OC. The van der Waals surface area contributed by atoms with E-state index in [1.807, 2.05) is 25.1 Å². The largest absolute Gasteiger partial charge is 0.496 e. The maximum absolute atomic E-state index is 11.2. The van der Waals surface area contributed by atoms with E-state index in [2.05, 4.69) is 56.1 Å². The van der Waals surface area contributed by atoms with Crippen LogP contribution in [0.25, 0.3) is 0 Å². The number of aromatic nitrogens is 2. The zero-order chi connectivity index (χ0) is 29.9. The molecule has 2 aromatic rings. The van der Waals surface area contributed by atoms with Crippen molar-refractivity contribution in [1.29, 1.82) is 0 Å². The van der Waals surface area contributed by atoms with Crippen molar-refractivity contribution >= 4 is 26.1 Å². The smallest absolute Gasteiger partial charge is 0.302 e. The predicted molar refractivity (Wildman–Crippen MR) is 164 cm³/mol. The summed E-state index contributed by atoms with van der Waals surface area (Å²) in [4.78, 5) is 20.2. The Bertz CT molecular complexity index is 1100. The lowest BCUT2D eigenvalue weighted by atomic mass is 10.0. The summed E-state index contributed by atoms with van der Waals surface area (Å²) in [6, 6.07) is 5.98. The van der Waals surface area contributed by atoms with Crippen LogP contribution in [0.5, 0.6) is 11.5 Å². The number of benzene rings is 1. The number of ether oxygens (including phenoxy) is 3. The molecule has 1 heterocycles. The molecule has 0 saturated heterocycles. The Kier molecular flexibility index (Phi) is 12.7. The van der Waals surface area contributed by atoms with Crippen molar-refractivity contribution in [3.63, 3.8) is 0 Å². The third-order valence-corrected chi connectivity index (χ3v) is 12.0. The molecule has 3 N–H and O–H groups in total. The van der Waals surface area contributed by atoms with Crippen molar-refractivity contribution in [1.82, 2.24) is 9.97 Å². The molecule has 1 aromatic heterocycles. The molecule has 10 heteroatoms. The molecule has 0 aliphatic carbocycles. The standard InChI is InChI=1S/C30H50N4O5Si/c1-10-12-24(15-18-37-22(3)35)33-28-26(21(2)32-29(31)34-28)19-23-13-14-25(20-27(23)36-7)38-16-11-17-39-40(8,9)30(4,5)6/h13-14,20,24H,10-12,15-19H2,1-9H3,(H3,31,32,33,34)/t24-/m1/s1. The van der Waals surface area contributed by atoms with Crippen molar-refractivity contribution in [2.24, 2.45) is 0 Å². The summed E-state index contributed by atoms with van der Waals surface area (Å²) in [6.45, 7) is 18.3. The second kappa shape index (κ2) is 15.2. The molecule has 0 aliphatic rings. The maximum atomic E-state index is 11.2. The molecule has 224 valence electrons. The Morgan fingerprint density at radius 1 is 1.12 bits per heavy atom. The summed E-state index contributed by atoms with van der Waals surface area (Å²) in [5.41, 5.74) is 8.75. The Balaban J connectivity index is 2.12. The van der Waals surface area contributed by atoms with Gasteiger partial charge in [-0.1, -0.05) is 40.2 Å². The van der Waals surface area contributed by atoms with E-state index in [0.717, 1.165) is 47.6 Å². The molecule has 0 bridgehead atoms. The van der Waals surface area contributed by atoms with Crippen LogP contribution in [0.1, 0.15) is 77.1 Å². The number of nitrogens with one attached hydrogen (secondary N) is 1. The number of carbonyl (C=O) groups excluding carboxylic acids is 1. The van der Waals surface area contributed by atoms with Crippen molar-refractivity contribution in [2.75, 3.05) is 38.0 Å². The number of nitrogens with zero attached hydrogens (tertiary/aromatic N) is 2. The number of anilines is 2. The van der Waals surface area contributed by atoms with Gasteiger partial charge in [-0.25, -0.2) is 4.98 Å². The third kappa shape index (κ3) is 10.3. The third-order valence-electron chi connectivity index (χ3n) is 7.43. The highest BCUT2D eigenvalue weighted by atomic mass is 28.4. The zero-order valence-electron chi connectivity index (χ0n) is 26.0. The molecule has 0 fully saturated rings. The number of hydrogen-bond acceptors (Lipinski definition) is 9. The Morgan fingerprint density at radius 2 is 1.85 bits per heavy atom. The van der Waals surface area contributed by atoms with E-state index in [4.69, 9.17) is 24.4 Å². The number of methoxy groups -OCH3 is 1. The van der Waals surface area contributed by atoms with Gasteiger partial charge in [0, 0.05) is 56.2 Å². The lowest BCUT2D eigenvalue weighted by Crippen LogP contribution is -2.41. The quantitative estimate of drug-likeness (QED) is 0.135. The van der Waals surface area contributed by atoms with E-state index in [0.29, 0.717) is 38.5 Å². The highest BCUT2D eigenvalue weighted by molar-refractivity contribution is 6.74. The number of esters is 1. The van der Waals surface area contributed by atoms with Crippen molar-refractivity contribution in [3.05, 3.63) is 35.0 Å². The number of rotatable bonds is 16. The Labute approximate surface area is 241 Å². The Morgan fingerprint density at radius 3 is 2.48 bits per heavy atom. The van der Waals surface area contributed by atoms with E-state index in [1.165, 1.54) is 6.92 Å². The molecular weight excluding hydrogens is 524 g/mol. The van der Waals surface area contributed by atoms with E-state index in [1.54, 1.807) is 7.11 Å². The van der Waals surface area contributed by atoms with Crippen LogP contribution in [0.4, 0.5) is 11.8 Å². The summed E-state index contributed by atoms with van der Waals surface area (Å²) in [5.74, 6) is 2.11. The van der Waals surface area contributed by atoms with Gasteiger partial charge in [-0.05, 0) is 43.1 Å². The van der Waals surface area contributed by atoms with E-state index < -0.39 is 8.32 Å². The van der Waals surface area contributed by atoms with E-state index in [9.17, 15) is 4.79 Å². The van der Waals surface area contributed by atoms with Gasteiger partial charge in [-0.3, -0.25) is 4.79 Å². The van der Waals surface area contributed by atoms with Gasteiger partial charge in [0.25, 0.3) is 0 Å². The van der Waals surface area contributed by atoms with Gasteiger partial charge < -0.3 is 29.7 Å². The van der Waals surface area contributed by atoms with Crippen molar-refractivity contribution in [2.45, 2.75) is 97.8 Å². The minimum absolute atomic E-state index is 0.0788. The number of aryl methyl sites for hydroxylation is 1. The molecule has 0 saturated carbocycles. The first kappa shape index (κ1) is 33.4. The van der Waals surface area contributed by atoms with Crippen LogP contribution in [0.2, 0.25) is 18.1 Å². The zero-order valence-corrected chi connectivity index (χ0v) is 27.0. The van der Waals surface area contributed by atoms with Crippen LogP contribution < -0.4 is 20.5 Å². The minimum Gasteiger partial charge on any atom is -0.496 e. The van der Waals surface area contributed by atoms with Gasteiger partial charge >= 0.3 is 5.97 Å². The van der Waals surface area contributed by atoms with Gasteiger partial charge in [-0.2, -0.15) is 4.98 Å². The first-order valence-electron chi connectivity index (χ1n) is 14.2. The Hall–Kier alpha value is -2.85. The monoisotopic (exact) mass is 574 g/mol. The highest BCUT2D eigenvalue weighted by Gasteiger charge is 2.36. The number of nitrogens with two attached hydrogens (primary N) is 1. The van der Waals surface area contributed by atoms with Gasteiger partial charge in [0.15, 0.2) is 8.32 Å². The summed E-state index contributed by atoms with van der Waals surface area (Å²) in [7, 11) is -0.0916. The van der Waals surface area contributed by atoms with E-state index in [-0.39, 0.29) is 23.0 Å². The fourth-order valence-corrected chi connectivity index (χ4v) is 5.16. The van der Waals surface area contributed by atoms with Gasteiger partial charge in [-0.15, -0.1) is 0 Å². The van der Waals surface area contributed by atoms with Gasteiger partial charge in [0.2, 0.25) is 5.95 Å². The summed E-state index contributed by atoms with van der Waals surface area (Å²) in [5, 5.41) is 3.73. The predicted octanol–water partition coefficient (Wildman–Crippen LogP) is 6.29. The van der Waals surface area contributed by atoms with Gasteiger partial charge in [0.05, 0.1) is 20.3 Å². The lowest BCUT2D eigenvalue weighted by Gasteiger charge is -2.36. The molecule has 1 aromatic carbocycles. The molecule has 1 atom stereocenters. The average Bonchev–Trinajstić information content (AvgIpc) is 2.85. The molecule has 0 amide bonds. The maximum Gasteiger partial charge on any atom is 0.302 e. The van der Waals surface area contributed by atoms with Crippen molar-refractivity contribution < 1.29 is 23.4 Å². The fourth-order valence-electron chi connectivity index (χ4n) is 4.07. The molecule has 0 radical (unpaired) electrons. The number of hydrogen-bond donors (Lipinski definition) is 2. The normalized spacial score (nSPS) is 12.6. The average molecular weight is 575 g/mol. The molecule has 0 unspecified atom stereocenters. The molecule has 0 spiro atoms. The number of nitrogen functional groups attached to an aromatic ring is 1. The van der Waals surface area contributed by atoms with Crippen molar-refractivity contribution in [3.8, 4) is 11.5 Å².